The quantitative estimate of drug-likeness (QED) is 0.626. The summed E-state index contributed by atoms with van der Waals surface area (Å²) in [6.07, 6.45) is 5.48. The molecule has 0 aliphatic heterocycles. The normalized spacial score (nSPS) is 17.4. The molecule has 17 heavy (non-hydrogen) atoms. The summed E-state index contributed by atoms with van der Waals surface area (Å²) in [4.78, 5) is 6.24. The molecule has 0 spiro atoms. The first-order valence-electron chi connectivity index (χ1n) is 6.25. The van der Waals surface area contributed by atoms with Crippen LogP contribution in [0.1, 0.15) is 31.7 Å². The highest BCUT2D eigenvalue weighted by atomic mass is 35.5. The zero-order valence-corrected chi connectivity index (χ0v) is 10.9. The van der Waals surface area contributed by atoms with Crippen molar-refractivity contribution in [3.05, 3.63) is 29.0 Å². The molecule has 0 radical (unpaired) electrons. The number of aromatic nitrogens is 1. The first kappa shape index (κ1) is 12.8. The van der Waals surface area contributed by atoms with Crippen LogP contribution in [0.15, 0.2) is 18.3 Å². The lowest BCUT2D eigenvalue weighted by Gasteiger charge is -2.27. The molecule has 0 amide bonds. The molecule has 1 unspecified atom stereocenters. The first-order chi connectivity index (χ1) is 8.20. The third-order valence-corrected chi connectivity index (χ3v) is 3.31. The number of nitrogens with zero attached hydrogens (tertiary/aromatic N) is 2. The van der Waals surface area contributed by atoms with Gasteiger partial charge >= 0.3 is 0 Å². The Balaban J connectivity index is 1.94. The molecule has 1 saturated carbocycles. The van der Waals surface area contributed by atoms with E-state index in [4.69, 9.17) is 11.6 Å². The molecule has 4 heteroatoms. The van der Waals surface area contributed by atoms with E-state index in [0.717, 1.165) is 18.5 Å². The van der Waals surface area contributed by atoms with Crippen molar-refractivity contribution in [2.75, 3.05) is 6.54 Å². The summed E-state index contributed by atoms with van der Waals surface area (Å²) in [7, 11) is 0. The van der Waals surface area contributed by atoms with Crippen molar-refractivity contribution >= 4 is 11.6 Å². The van der Waals surface area contributed by atoms with Gasteiger partial charge in [-0.3, -0.25) is 4.90 Å². The van der Waals surface area contributed by atoms with Gasteiger partial charge in [-0.1, -0.05) is 24.6 Å². The molecule has 1 atom stereocenters. The minimum Gasteiger partial charge on any atom is -0.378 e. The van der Waals surface area contributed by atoms with Gasteiger partial charge in [0.2, 0.25) is 0 Å². The van der Waals surface area contributed by atoms with E-state index in [2.05, 4.69) is 16.8 Å². The fourth-order valence-electron chi connectivity index (χ4n) is 2.09. The summed E-state index contributed by atoms with van der Waals surface area (Å²) in [5, 5.41) is 10.7. The Kier molecular flexibility index (Phi) is 4.37. The van der Waals surface area contributed by atoms with Crippen molar-refractivity contribution in [1.82, 2.24) is 9.88 Å². The van der Waals surface area contributed by atoms with Gasteiger partial charge in [0.1, 0.15) is 11.4 Å². The third kappa shape index (κ3) is 3.66. The lowest BCUT2D eigenvalue weighted by Crippen LogP contribution is -2.39. The van der Waals surface area contributed by atoms with E-state index in [1.165, 1.54) is 12.8 Å². The molecule has 0 saturated heterocycles. The van der Waals surface area contributed by atoms with Crippen molar-refractivity contribution in [2.45, 2.75) is 44.9 Å². The second kappa shape index (κ2) is 5.80. The van der Waals surface area contributed by atoms with Crippen LogP contribution in [0, 0.1) is 0 Å². The molecule has 1 aliphatic rings. The van der Waals surface area contributed by atoms with E-state index in [0.29, 0.717) is 17.6 Å². The van der Waals surface area contributed by atoms with Gasteiger partial charge in [0.15, 0.2) is 0 Å². The summed E-state index contributed by atoms with van der Waals surface area (Å²) in [5.74, 6) is 0. The molecular formula is C13H19ClN2O. The SMILES string of the molecule is CCCN(C(O)Cc1ccc(Cl)nc1)C1CC1. The summed E-state index contributed by atoms with van der Waals surface area (Å²) < 4.78 is 0. The van der Waals surface area contributed by atoms with E-state index < -0.39 is 6.23 Å². The molecule has 0 bridgehead atoms. The van der Waals surface area contributed by atoms with Crippen LogP contribution in [0.5, 0.6) is 0 Å². The van der Waals surface area contributed by atoms with Crippen LogP contribution < -0.4 is 0 Å². The maximum absolute atomic E-state index is 10.2. The zero-order valence-electron chi connectivity index (χ0n) is 10.1. The van der Waals surface area contributed by atoms with Gasteiger partial charge in [0, 0.05) is 25.2 Å². The summed E-state index contributed by atoms with van der Waals surface area (Å²) in [6, 6.07) is 4.28. The van der Waals surface area contributed by atoms with Crippen molar-refractivity contribution in [3.63, 3.8) is 0 Å². The molecule has 1 fully saturated rings. The summed E-state index contributed by atoms with van der Waals surface area (Å²) in [5.41, 5.74) is 1.03. The van der Waals surface area contributed by atoms with Crippen molar-refractivity contribution < 1.29 is 5.11 Å². The van der Waals surface area contributed by atoms with Gasteiger partial charge in [0.25, 0.3) is 0 Å². The first-order valence-corrected chi connectivity index (χ1v) is 6.62. The van der Waals surface area contributed by atoms with Gasteiger partial charge in [0.05, 0.1) is 0 Å². The average Bonchev–Trinajstić information content (AvgIpc) is 3.13. The highest BCUT2D eigenvalue weighted by Gasteiger charge is 2.32. The Hall–Kier alpha value is -0.640. The van der Waals surface area contributed by atoms with E-state index in [-0.39, 0.29) is 0 Å². The number of rotatable bonds is 6. The van der Waals surface area contributed by atoms with Crippen LogP contribution in [0.2, 0.25) is 5.15 Å². The average molecular weight is 255 g/mol. The molecule has 1 heterocycles. The van der Waals surface area contributed by atoms with Crippen molar-refractivity contribution in [3.8, 4) is 0 Å². The summed E-state index contributed by atoms with van der Waals surface area (Å²) in [6.45, 7) is 3.11. The van der Waals surface area contributed by atoms with E-state index in [1.54, 1.807) is 12.3 Å². The topological polar surface area (TPSA) is 36.4 Å². The lowest BCUT2D eigenvalue weighted by atomic mass is 10.1. The van der Waals surface area contributed by atoms with Gasteiger partial charge in [-0.25, -0.2) is 4.98 Å². The molecule has 1 N–H and O–H groups in total. The second-order valence-corrected chi connectivity index (χ2v) is 5.03. The highest BCUT2D eigenvalue weighted by Crippen LogP contribution is 2.29. The third-order valence-electron chi connectivity index (χ3n) is 3.09. The minimum atomic E-state index is -0.398. The largest absolute Gasteiger partial charge is 0.378 e. The van der Waals surface area contributed by atoms with E-state index in [1.807, 2.05) is 6.07 Å². The van der Waals surface area contributed by atoms with E-state index >= 15 is 0 Å². The molecule has 1 aliphatic carbocycles. The van der Waals surface area contributed by atoms with Crippen molar-refractivity contribution in [2.24, 2.45) is 0 Å². The van der Waals surface area contributed by atoms with Gasteiger partial charge in [-0.2, -0.15) is 0 Å². The van der Waals surface area contributed by atoms with Crippen LogP contribution in [0.3, 0.4) is 0 Å². The molecule has 3 nitrogen and oxygen atoms in total. The standard InChI is InChI=1S/C13H19ClN2O/c1-2-7-16(11-4-5-11)13(17)8-10-3-6-12(14)15-9-10/h3,6,9,11,13,17H,2,4-5,7-8H2,1H3. The fraction of sp³-hybridized carbons (Fsp3) is 0.615. The van der Waals surface area contributed by atoms with Crippen molar-refractivity contribution in [1.29, 1.82) is 0 Å². The van der Waals surface area contributed by atoms with Crippen LogP contribution in [0.4, 0.5) is 0 Å². The van der Waals surface area contributed by atoms with Gasteiger partial charge in [-0.05, 0) is 30.9 Å². The van der Waals surface area contributed by atoms with E-state index in [9.17, 15) is 5.11 Å². The number of hydrogen-bond acceptors (Lipinski definition) is 3. The zero-order chi connectivity index (χ0) is 12.3. The molecule has 2 rings (SSSR count). The molecule has 1 aromatic heterocycles. The second-order valence-electron chi connectivity index (χ2n) is 4.64. The predicted octanol–water partition coefficient (Wildman–Crippen LogP) is 2.47. The molecule has 0 aromatic carbocycles. The molecule has 1 aromatic rings. The molecule has 94 valence electrons. The van der Waals surface area contributed by atoms with Crippen LogP contribution >= 0.6 is 11.6 Å². The maximum Gasteiger partial charge on any atom is 0.129 e. The smallest absolute Gasteiger partial charge is 0.129 e. The van der Waals surface area contributed by atoms with Gasteiger partial charge in [-0.15, -0.1) is 0 Å². The summed E-state index contributed by atoms with van der Waals surface area (Å²) >= 11 is 5.74. The Morgan fingerprint density at radius 1 is 1.53 bits per heavy atom. The number of pyridine rings is 1. The highest BCUT2D eigenvalue weighted by molar-refractivity contribution is 6.29. The number of halogens is 1. The number of aliphatic hydroxyl groups excluding tert-OH is 1. The Labute approximate surface area is 107 Å². The fourth-order valence-corrected chi connectivity index (χ4v) is 2.21. The Morgan fingerprint density at radius 2 is 2.29 bits per heavy atom. The molecular weight excluding hydrogens is 236 g/mol. The van der Waals surface area contributed by atoms with Crippen LogP contribution in [-0.2, 0) is 6.42 Å². The Bertz CT molecular complexity index is 351. The Morgan fingerprint density at radius 3 is 2.82 bits per heavy atom. The monoisotopic (exact) mass is 254 g/mol. The number of hydrogen-bond donors (Lipinski definition) is 1. The lowest BCUT2D eigenvalue weighted by molar-refractivity contribution is -0.00172. The van der Waals surface area contributed by atoms with Crippen LogP contribution in [0.25, 0.3) is 0 Å². The number of aliphatic hydroxyl groups is 1. The minimum absolute atomic E-state index is 0.398. The predicted molar refractivity (Wildman–Crippen MR) is 69.0 cm³/mol. The maximum atomic E-state index is 10.2. The van der Waals surface area contributed by atoms with Crippen LogP contribution in [-0.4, -0.2) is 33.8 Å². The van der Waals surface area contributed by atoms with Gasteiger partial charge < -0.3 is 5.11 Å².